The second-order valence-electron chi connectivity index (χ2n) is 8.35. The highest BCUT2D eigenvalue weighted by Crippen LogP contribution is 2.34. The van der Waals surface area contributed by atoms with Gasteiger partial charge in [0.2, 0.25) is 0 Å². The van der Waals surface area contributed by atoms with Crippen molar-refractivity contribution in [3.8, 4) is 17.2 Å². The smallest absolute Gasteiger partial charge is 0.352 e. The van der Waals surface area contributed by atoms with E-state index in [2.05, 4.69) is 16.0 Å². The molecule has 0 bridgehead atoms. The van der Waals surface area contributed by atoms with Crippen LogP contribution in [0.25, 0.3) is 11.1 Å². The van der Waals surface area contributed by atoms with Crippen molar-refractivity contribution >= 4 is 11.7 Å². The summed E-state index contributed by atoms with van der Waals surface area (Å²) in [7, 11) is 0. The van der Waals surface area contributed by atoms with Crippen LogP contribution in [0.1, 0.15) is 34.0 Å². The van der Waals surface area contributed by atoms with E-state index in [-0.39, 0.29) is 11.1 Å². The van der Waals surface area contributed by atoms with Crippen molar-refractivity contribution in [2.45, 2.75) is 25.5 Å². The SMILES string of the molecule is Cc1ccc(C(F)(F)NC(=O)c2ccncc2)cc1-c1cnc(N2CC(C)(O)C2)c(C#N)c1. The Morgan fingerprint density at radius 1 is 1.24 bits per heavy atom. The molecule has 33 heavy (non-hydrogen) atoms. The Kier molecular flexibility index (Phi) is 5.56. The zero-order valence-corrected chi connectivity index (χ0v) is 18.0. The monoisotopic (exact) mass is 449 g/mol. The first-order valence-electron chi connectivity index (χ1n) is 10.2. The topological polar surface area (TPSA) is 102 Å². The number of benzene rings is 1. The summed E-state index contributed by atoms with van der Waals surface area (Å²) in [6.07, 6.45) is 4.21. The fourth-order valence-corrected chi connectivity index (χ4v) is 3.78. The summed E-state index contributed by atoms with van der Waals surface area (Å²) in [4.78, 5) is 22.2. The number of rotatable bonds is 5. The number of hydrogen-bond acceptors (Lipinski definition) is 6. The second-order valence-corrected chi connectivity index (χ2v) is 8.35. The molecule has 1 fully saturated rings. The molecule has 1 amide bonds. The quantitative estimate of drug-likeness (QED) is 0.579. The van der Waals surface area contributed by atoms with Gasteiger partial charge >= 0.3 is 6.05 Å². The van der Waals surface area contributed by atoms with Crippen LogP contribution in [0.15, 0.2) is 55.0 Å². The predicted molar refractivity (Wildman–Crippen MR) is 118 cm³/mol. The van der Waals surface area contributed by atoms with Crippen LogP contribution in [0, 0.1) is 18.3 Å². The van der Waals surface area contributed by atoms with Crippen molar-refractivity contribution in [1.29, 1.82) is 5.26 Å². The first-order valence-corrected chi connectivity index (χ1v) is 10.2. The molecule has 3 aromatic rings. The Morgan fingerprint density at radius 2 is 1.94 bits per heavy atom. The molecule has 168 valence electrons. The Morgan fingerprint density at radius 3 is 2.58 bits per heavy atom. The predicted octanol–water partition coefficient (Wildman–Crippen LogP) is 3.37. The molecule has 4 rings (SSSR count). The van der Waals surface area contributed by atoms with Crippen molar-refractivity contribution < 1.29 is 18.7 Å². The third-order valence-corrected chi connectivity index (χ3v) is 5.47. The molecule has 0 atom stereocenters. The van der Waals surface area contributed by atoms with Crippen molar-refractivity contribution in [3.05, 3.63) is 77.2 Å². The molecule has 1 aromatic carbocycles. The van der Waals surface area contributed by atoms with E-state index < -0.39 is 23.1 Å². The Labute approximate surface area is 189 Å². The molecule has 0 spiro atoms. The number of pyridine rings is 2. The maximum atomic E-state index is 14.9. The van der Waals surface area contributed by atoms with Crippen LogP contribution in [0.5, 0.6) is 0 Å². The second kappa shape index (κ2) is 8.22. The maximum absolute atomic E-state index is 14.9. The molecule has 1 aliphatic heterocycles. The lowest BCUT2D eigenvalue weighted by Crippen LogP contribution is -2.60. The van der Waals surface area contributed by atoms with E-state index in [9.17, 15) is 23.9 Å². The number of halogens is 2. The van der Waals surface area contributed by atoms with E-state index >= 15 is 0 Å². The number of nitriles is 1. The highest BCUT2D eigenvalue weighted by atomic mass is 19.3. The van der Waals surface area contributed by atoms with Gasteiger partial charge in [-0.3, -0.25) is 15.1 Å². The molecule has 0 radical (unpaired) electrons. The van der Waals surface area contributed by atoms with Gasteiger partial charge in [-0.2, -0.15) is 14.0 Å². The molecular formula is C24H21F2N5O2. The number of carbonyl (C=O) groups is 1. The third-order valence-electron chi connectivity index (χ3n) is 5.47. The molecule has 1 aliphatic rings. The summed E-state index contributed by atoms with van der Waals surface area (Å²) in [5.74, 6) is -0.482. The average molecular weight is 449 g/mol. The number of nitrogens with zero attached hydrogens (tertiary/aromatic N) is 4. The van der Waals surface area contributed by atoms with Gasteiger partial charge in [0.25, 0.3) is 5.91 Å². The van der Waals surface area contributed by atoms with E-state index in [0.717, 1.165) is 0 Å². The molecular weight excluding hydrogens is 428 g/mol. The van der Waals surface area contributed by atoms with Crippen molar-refractivity contribution in [2.75, 3.05) is 18.0 Å². The number of anilines is 1. The normalized spacial score (nSPS) is 14.8. The van der Waals surface area contributed by atoms with Crippen LogP contribution in [-0.2, 0) is 6.05 Å². The molecule has 1 saturated heterocycles. The minimum atomic E-state index is -3.63. The molecule has 9 heteroatoms. The summed E-state index contributed by atoms with van der Waals surface area (Å²) in [5.41, 5.74) is 0.803. The Hall–Kier alpha value is -3.90. The largest absolute Gasteiger partial charge is 0.386 e. The Bertz CT molecular complexity index is 1250. The molecule has 0 saturated carbocycles. The van der Waals surface area contributed by atoms with Gasteiger partial charge < -0.3 is 10.0 Å². The summed E-state index contributed by atoms with van der Waals surface area (Å²) in [6.45, 7) is 4.17. The van der Waals surface area contributed by atoms with Gasteiger partial charge in [0, 0.05) is 48.4 Å². The number of amides is 1. The van der Waals surface area contributed by atoms with Gasteiger partial charge in [0.15, 0.2) is 0 Å². The van der Waals surface area contributed by atoms with Gasteiger partial charge in [-0.1, -0.05) is 12.1 Å². The van der Waals surface area contributed by atoms with Gasteiger partial charge in [-0.15, -0.1) is 0 Å². The van der Waals surface area contributed by atoms with Crippen LogP contribution < -0.4 is 10.2 Å². The molecule has 2 N–H and O–H groups in total. The minimum absolute atomic E-state index is 0.0698. The maximum Gasteiger partial charge on any atom is 0.352 e. The van der Waals surface area contributed by atoms with Gasteiger partial charge in [-0.05, 0) is 49.2 Å². The van der Waals surface area contributed by atoms with Gasteiger partial charge in [-0.25, -0.2) is 4.98 Å². The van der Waals surface area contributed by atoms with Crippen LogP contribution in [0.3, 0.4) is 0 Å². The van der Waals surface area contributed by atoms with E-state index in [1.807, 2.05) is 0 Å². The van der Waals surface area contributed by atoms with E-state index in [0.29, 0.717) is 35.6 Å². The van der Waals surface area contributed by atoms with E-state index in [4.69, 9.17) is 0 Å². The number of nitrogens with one attached hydrogen (secondary N) is 1. The van der Waals surface area contributed by atoms with E-state index in [1.54, 1.807) is 30.1 Å². The fourth-order valence-electron chi connectivity index (χ4n) is 3.78. The van der Waals surface area contributed by atoms with Gasteiger partial charge in [0.1, 0.15) is 11.9 Å². The van der Waals surface area contributed by atoms with E-state index in [1.165, 1.54) is 48.9 Å². The van der Waals surface area contributed by atoms with Crippen molar-refractivity contribution in [1.82, 2.24) is 15.3 Å². The zero-order valence-electron chi connectivity index (χ0n) is 18.0. The van der Waals surface area contributed by atoms with Crippen LogP contribution in [0.4, 0.5) is 14.6 Å². The van der Waals surface area contributed by atoms with Crippen LogP contribution in [-0.4, -0.2) is 39.7 Å². The number of aryl methyl sites for hydroxylation is 1. The lowest BCUT2D eigenvalue weighted by Gasteiger charge is -2.45. The van der Waals surface area contributed by atoms with Crippen LogP contribution >= 0.6 is 0 Å². The summed E-state index contributed by atoms with van der Waals surface area (Å²) >= 11 is 0. The number of hydrogen-bond donors (Lipinski definition) is 2. The van der Waals surface area contributed by atoms with Crippen molar-refractivity contribution in [3.63, 3.8) is 0 Å². The lowest BCUT2D eigenvalue weighted by atomic mass is 9.95. The van der Waals surface area contributed by atoms with Crippen molar-refractivity contribution in [2.24, 2.45) is 0 Å². The minimum Gasteiger partial charge on any atom is -0.386 e. The number of carbonyl (C=O) groups excluding carboxylic acids is 1. The fraction of sp³-hybridized carbons (Fsp3) is 0.250. The van der Waals surface area contributed by atoms with Gasteiger partial charge in [0.05, 0.1) is 11.2 Å². The number of alkyl halides is 2. The number of β-amino-alcohol motifs (C(OH)–C–C–N with tert-alkyl or cyclic N) is 1. The highest BCUT2D eigenvalue weighted by Gasteiger charge is 2.38. The number of aromatic nitrogens is 2. The summed E-state index contributed by atoms with van der Waals surface area (Å²) in [5, 5.41) is 21.3. The summed E-state index contributed by atoms with van der Waals surface area (Å²) in [6, 6.07) is 6.82. The average Bonchev–Trinajstić information content (AvgIpc) is 2.77. The molecule has 0 unspecified atom stereocenters. The van der Waals surface area contributed by atoms with Crippen LogP contribution in [0.2, 0.25) is 0 Å². The number of aliphatic hydroxyl groups is 1. The highest BCUT2D eigenvalue weighted by molar-refractivity contribution is 5.94. The lowest BCUT2D eigenvalue weighted by molar-refractivity contribution is -0.0333. The first kappa shape index (κ1) is 22.3. The third kappa shape index (κ3) is 4.52. The first-order chi connectivity index (χ1) is 15.6. The molecule has 3 heterocycles. The molecule has 2 aromatic heterocycles. The summed E-state index contributed by atoms with van der Waals surface area (Å²) < 4.78 is 29.8. The molecule has 0 aliphatic carbocycles. The molecule has 7 nitrogen and oxygen atoms in total. The standard InChI is InChI=1S/C24H21F2N5O2/c1-15-3-4-19(24(25,26)30-22(32)16-5-7-28-8-6-16)10-20(15)18-9-17(11-27)21(29-12-18)31-13-23(2,33)14-31/h3-10,12,33H,13-14H2,1-2H3,(H,30,32). The Balaban J connectivity index is 1.63. The zero-order chi connectivity index (χ0) is 23.8.